The van der Waals surface area contributed by atoms with Crippen molar-refractivity contribution in [3.63, 3.8) is 0 Å². The van der Waals surface area contributed by atoms with E-state index < -0.39 is 0 Å². The first-order valence-corrected chi connectivity index (χ1v) is 7.11. The molecule has 0 aliphatic heterocycles. The predicted molar refractivity (Wildman–Crippen MR) is 80.0 cm³/mol. The lowest BCUT2D eigenvalue weighted by atomic mass is 10.2. The van der Waals surface area contributed by atoms with Gasteiger partial charge in [-0.15, -0.1) is 0 Å². The van der Waals surface area contributed by atoms with E-state index in [4.69, 9.17) is 4.52 Å². The molecule has 2 N–H and O–H groups in total. The number of amides is 2. The average Bonchev–Trinajstić information content (AvgIpc) is 2.90. The summed E-state index contributed by atoms with van der Waals surface area (Å²) in [6, 6.07) is 8.63. The molecule has 110 valence electrons. The highest BCUT2D eigenvalue weighted by atomic mass is 79.9. The van der Waals surface area contributed by atoms with Gasteiger partial charge >= 0.3 is 0 Å². The molecular formula is C14H14BrN3O3. The Kier molecular flexibility index (Phi) is 5.10. The molecule has 2 amide bonds. The summed E-state index contributed by atoms with van der Waals surface area (Å²) in [6.45, 7) is 2.35. The van der Waals surface area contributed by atoms with Crippen LogP contribution in [0.25, 0.3) is 0 Å². The molecule has 21 heavy (non-hydrogen) atoms. The van der Waals surface area contributed by atoms with Crippen LogP contribution in [0.3, 0.4) is 0 Å². The molecular weight excluding hydrogens is 338 g/mol. The van der Waals surface area contributed by atoms with Gasteiger partial charge < -0.3 is 15.2 Å². The van der Waals surface area contributed by atoms with Crippen molar-refractivity contribution in [2.45, 2.75) is 6.92 Å². The van der Waals surface area contributed by atoms with E-state index in [9.17, 15) is 9.59 Å². The van der Waals surface area contributed by atoms with Crippen LogP contribution in [0.15, 0.2) is 39.3 Å². The minimum atomic E-state index is -0.330. The smallest absolute Gasteiger partial charge is 0.273 e. The molecule has 0 fully saturated rings. The molecule has 1 heterocycles. The molecule has 0 bridgehead atoms. The van der Waals surface area contributed by atoms with Gasteiger partial charge in [-0.25, -0.2) is 0 Å². The Labute approximate surface area is 130 Å². The fourth-order valence-corrected chi connectivity index (χ4v) is 2.05. The average molecular weight is 352 g/mol. The molecule has 0 spiro atoms. The van der Waals surface area contributed by atoms with Crippen molar-refractivity contribution in [3.8, 4) is 0 Å². The number of benzene rings is 1. The van der Waals surface area contributed by atoms with Gasteiger partial charge in [-0.1, -0.05) is 27.2 Å². The highest BCUT2D eigenvalue weighted by Gasteiger charge is 2.10. The predicted octanol–water partition coefficient (Wildman–Crippen LogP) is 1.91. The SMILES string of the molecule is Cc1cc(C(=O)NCCNC(=O)c2cccc(Br)c2)no1. The lowest BCUT2D eigenvalue weighted by Gasteiger charge is -2.06. The maximum atomic E-state index is 11.8. The van der Waals surface area contributed by atoms with Gasteiger partial charge in [0.05, 0.1) is 0 Å². The number of aryl methyl sites for hydroxylation is 1. The van der Waals surface area contributed by atoms with Crippen LogP contribution < -0.4 is 10.6 Å². The van der Waals surface area contributed by atoms with Crippen molar-refractivity contribution in [2.24, 2.45) is 0 Å². The van der Waals surface area contributed by atoms with Crippen LogP contribution in [0.2, 0.25) is 0 Å². The number of hydrogen-bond acceptors (Lipinski definition) is 4. The fourth-order valence-electron chi connectivity index (χ4n) is 1.65. The number of carbonyl (C=O) groups is 2. The number of rotatable bonds is 5. The molecule has 0 aliphatic carbocycles. The summed E-state index contributed by atoms with van der Waals surface area (Å²) in [5.74, 6) is 0.0505. The molecule has 7 heteroatoms. The summed E-state index contributed by atoms with van der Waals surface area (Å²) in [6.07, 6.45) is 0. The van der Waals surface area contributed by atoms with E-state index in [1.807, 2.05) is 6.07 Å². The van der Waals surface area contributed by atoms with Crippen LogP contribution in [0, 0.1) is 6.92 Å². The van der Waals surface area contributed by atoms with Gasteiger partial charge in [0.25, 0.3) is 11.8 Å². The Morgan fingerprint density at radius 3 is 2.52 bits per heavy atom. The molecule has 2 rings (SSSR count). The highest BCUT2D eigenvalue weighted by molar-refractivity contribution is 9.10. The molecule has 0 radical (unpaired) electrons. The summed E-state index contributed by atoms with van der Waals surface area (Å²) < 4.78 is 5.65. The number of aromatic nitrogens is 1. The first kappa shape index (κ1) is 15.2. The minimum Gasteiger partial charge on any atom is -0.361 e. The Hall–Kier alpha value is -2.15. The van der Waals surface area contributed by atoms with E-state index in [1.165, 1.54) is 0 Å². The second-order valence-electron chi connectivity index (χ2n) is 4.34. The van der Waals surface area contributed by atoms with E-state index >= 15 is 0 Å². The van der Waals surface area contributed by atoms with Crippen LogP contribution in [0.5, 0.6) is 0 Å². The maximum Gasteiger partial charge on any atom is 0.273 e. The maximum absolute atomic E-state index is 11.8. The standard InChI is InChI=1S/C14H14BrN3O3/c1-9-7-12(18-21-9)14(20)17-6-5-16-13(19)10-3-2-4-11(15)8-10/h2-4,7-8H,5-6H2,1H3,(H,16,19)(H,17,20). The third-order valence-electron chi connectivity index (χ3n) is 2.64. The monoisotopic (exact) mass is 351 g/mol. The lowest BCUT2D eigenvalue weighted by molar-refractivity contribution is 0.0922. The molecule has 0 saturated heterocycles. The van der Waals surface area contributed by atoms with E-state index in [1.54, 1.807) is 31.2 Å². The molecule has 0 saturated carbocycles. The van der Waals surface area contributed by atoms with Gasteiger partial charge in [-0.2, -0.15) is 0 Å². The van der Waals surface area contributed by atoms with Gasteiger partial charge in [-0.05, 0) is 25.1 Å². The van der Waals surface area contributed by atoms with Gasteiger partial charge in [0.1, 0.15) is 5.76 Å². The van der Waals surface area contributed by atoms with E-state index in [-0.39, 0.29) is 17.5 Å². The summed E-state index contributed by atoms with van der Waals surface area (Å²) in [7, 11) is 0. The number of carbonyl (C=O) groups excluding carboxylic acids is 2. The lowest BCUT2D eigenvalue weighted by Crippen LogP contribution is -2.34. The van der Waals surface area contributed by atoms with Crippen LogP contribution in [0.4, 0.5) is 0 Å². The summed E-state index contributed by atoms with van der Waals surface area (Å²) in [4.78, 5) is 23.5. The highest BCUT2D eigenvalue weighted by Crippen LogP contribution is 2.11. The molecule has 1 aromatic heterocycles. The summed E-state index contributed by atoms with van der Waals surface area (Å²) >= 11 is 3.31. The van der Waals surface area contributed by atoms with Crippen molar-refractivity contribution < 1.29 is 14.1 Å². The van der Waals surface area contributed by atoms with Gasteiger partial charge in [-0.3, -0.25) is 9.59 Å². The van der Waals surface area contributed by atoms with Crippen molar-refractivity contribution in [1.82, 2.24) is 15.8 Å². The molecule has 0 aliphatic rings. The van der Waals surface area contributed by atoms with E-state index in [0.29, 0.717) is 24.4 Å². The fraction of sp³-hybridized carbons (Fsp3) is 0.214. The van der Waals surface area contributed by atoms with Crippen molar-refractivity contribution >= 4 is 27.7 Å². The zero-order valence-corrected chi connectivity index (χ0v) is 12.9. The zero-order valence-electron chi connectivity index (χ0n) is 11.4. The van der Waals surface area contributed by atoms with Gasteiger partial charge in [0.2, 0.25) is 0 Å². The van der Waals surface area contributed by atoms with Crippen molar-refractivity contribution in [2.75, 3.05) is 13.1 Å². The Morgan fingerprint density at radius 2 is 1.90 bits per heavy atom. The summed E-state index contributed by atoms with van der Waals surface area (Å²) in [5, 5.41) is 8.97. The van der Waals surface area contributed by atoms with Crippen LogP contribution in [0.1, 0.15) is 26.6 Å². The molecule has 2 aromatic rings. The second kappa shape index (κ2) is 7.03. The molecule has 6 nitrogen and oxygen atoms in total. The first-order valence-electron chi connectivity index (χ1n) is 6.31. The first-order chi connectivity index (χ1) is 10.1. The van der Waals surface area contributed by atoms with Crippen molar-refractivity contribution in [3.05, 3.63) is 51.8 Å². The van der Waals surface area contributed by atoms with Crippen molar-refractivity contribution in [1.29, 1.82) is 0 Å². The normalized spacial score (nSPS) is 10.2. The third-order valence-corrected chi connectivity index (χ3v) is 3.14. The van der Waals surface area contributed by atoms with Gasteiger partial charge in [0, 0.05) is 29.2 Å². The van der Waals surface area contributed by atoms with Crippen LogP contribution in [-0.4, -0.2) is 30.1 Å². The number of nitrogens with one attached hydrogen (secondary N) is 2. The Balaban J connectivity index is 1.75. The zero-order chi connectivity index (χ0) is 15.2. The second-order valence-corrected chi connectivity index (χ2v) is 5.26. The Morgan fingerprint density at radius 1 is 1.19 bits per heavy atom. The number of halogens is 1. The summed E-state index contributed by atoms with van der Waals surface area (Å²) in [5.41, 5.74) is 0.786. The number of nitrogens with zero attached hydrogens (tertiary/aromatic N) is 1. The Bertz CT molecular complexity index is 654. The third kappa shape index (κ3) is 4.42. The van der Waals surface area contributed by atoms with E-state index in [0.717, 1.165) is 4.47 Å². The van der Waals surface area contributed by atoms with E-state index in [2.05, 4.69) is 31.7 Å². The number of hydrogen-bond donors (Lipinski definition) is 2. The topological polar surface area (TPSA) is 84.2 Å². The largest absolute Gasteiger partial charge is 0.361 e. The quantitative estimate of drug-likeness (QED) is 0.805. The molecule has 0 unspecified atom stereocenters. The van der Waals surface area contributed by atoms with Gasteiger partial charge in [0.15, 0.2) is 5.69 Å². The molecule has 0 atom stereocenters. The molecule has 1 aromatic carbocycles. The van der Waals surface area contributed by atoms with Crippen LogP contribution in [-0.2, 0) is 0 Å². The van der Waals surface area contributed by atoms with Crippen LogP contribution >= 0.6 is 15.9 Å². The minimum absolute atomic E-state index is 0.192.